The summed E-state index contributed by atoms with van der Waals surface area (Å²) in [5.41, 5.74) is 1.27. The van der Waals surface area contributed by atoms with Gasteiger partial charge in [-0.3, -0.25) is 4.40 Å². The molecule has 0 aliphatic carbocycles. The third-order valence-corrected chi connectivity index (χ3v) is 4.46. The van der Waals surface area contributed by atoms with E-state index in [1.54, 1.807) is 11.3 Å². The Kier molecular flexibility index (Phi) is 4.77. The van der Waals surface area contributed by atoms with Crippen LogP contribution in [0.1, 0.15) is 26.0 Å². The molecule has 116 valence electrons. The maximum atomic E-state index is 5.56. The van der Waals surface area contributed by atoms with Gasteiger partial charge in [0.25, 0.3) is 0 Å². The number of thiazole rings is 1. The molecule has 1 fully saturated rings. The Hall–Kier alpha value is -1.11. The Morgan fingerprint density at radius 2 is 2.29 bits per heavy atom. The largest absolute Gasteiger partial charge is 0.380 e. The third-order valence-electron chi connectivity index (χ3n) is 3.71. The first-order valence-electron chi connectivity index (χ1n) is 7.73. The SMILES string of the molecule is CC(C)CNCc1c(N2CCCOCC2)nc2sccn12. The molecule has 0 atom stereocenters. The Balaban J connectivity index is 1.83. The average Bonchev–Trinajstić information content (AvgIpc) is 2.91. The first kappa shape index (κ1) is 14.8. The van der Waals surface area contributed by atoms with Gasteiger partial charge in [-0.25, -0.2) is 4.98 Å². The second-order valence-electron chi connectivity index (χ2n) is 5.92. The van der Waals surface area contributed by atoms with Crippen molar-refractivity contribution < 1.29 is 4.74 Å². The smallest absolute Gasteiger partial charge is 0.195 e. The second-order valence-corrected chi connectivity index (χ2v) is 6.79. The fourth-order valence-corrected chi connectivity index (χ4v) is 3.40. The molecule has 1 saturated heterocycles. The summed E-state index contributed by atoms with van der Waals surface area (Å²) in [5.74, 6) is 1.79. The van der Waals surface area contributed by atoms with Gasteiger partial charge in [-0.15, -0.1) is 11.3 Å². The highest BCUT2D eigenvalue weighted by Crippen LogP contribution is 2.25. The number of nitrogens with one attached hydrogen (secondary N) is 1. The van der Waals surface area contributed by atoms with Crippen molar-refractivity contribution in [2.24, 2.45) is 5.92 Å². The van der Waals surface area contributed by atoms with Crippen LogP contribution in [0.4, 0.5) is 5.82 Å². The zero-order valence-corrected chi connectivity index (χ0v) is 13.7. The molecule has 5 nitrogen and oxygen atoms in total. The maximum Gasteiger partial charge on any atom is 0.195 e. The van der Waals surface area contributed by atoms with Gasteiger partial charge < -0.3 is 15.0 Å². The third kappa shape index (κ3) is 3.39. The van der Waals surface area contributed by atoms with Crippen molar-refractivity contribution in [1.29, 1.82) is 0 Å². The van der Waals surface area contributed by atoms with Crippen LogP contribution in [0.3, 0.4) is 0 Å². The Bertz CT molecular complexity index is 569. The average molecular weight is 308 g/mol. The minimum Gasteiger partial charge on any atom is -0.380 e. The fraction of sp³-hybridized carbons (Fsp3) is 0.667. The van der Waals surface area contributed by atoms with E-state index in [9.17, 15) is 0 Å². The molecule has 0 unspecified atom stereocenters. The minimum atomic E-state index is 0.658. The molecule has 6 heteroatoms. The van der Waals surface area contributed by atoms with Crippen LogP contribution >= 0.6 is 11.3 Å². The van der Waals surface area contributed by atoms with Crippen molar-refractivity contribution in [2.45, 2.75) is 26.8 Å². The first-order valence-corrected chi connectivity index (χ1v) is 8.61. The van der Waals surface area contributed by atoms with E-state index in [-0.39, 0.29) is 0 Å². The number of fused-ring (bicyclic) bond motifs is 1. The molecule has 21 heavy (non-hydrogen) atoms. The van der Waals surface area contributed by atoms with Gasteiger partial charge in [0, 0.05) is 37.8 Å². The summed E-state index contributed by atoms with van der Waals surface area (Å²) in [6, 6.07) is 0. The lowest BCUT2D eigenvalue weighted by Gasteiger charge is -2.21. The van der Waals surface area contributed by atoms with Crippen molar-refractivity contribution >= 4 is 22.1 Å². The quantitative estimate of drug-likeness (QED) is 0.921. The number of rotatable bonds is 5. The van der Waals surface area contributed by atoms with Crippen LogP contribution in [0.25, 0.3) is 4.96 Å². The van der Waals surface area contributed by atoms with Crippen molar-refractivity contribution in [3.05, 3.63) is 17.3 Å². The van der Waals surface area contributed by atoms with Crippen LogP contribution in [0.15, 0.2) is 11.6 Å². The zero-order valence-electron chi connectivity index (χ0n) is 12.8. The second kappa shape index (κ2) is 6.77. The summed E-state index contributed by atoms with van der Waals surface area (Å²) in [5, 5.41) is 5.65. The molecule has 1 aliphatic heterocycles. The summed E-state index contributed by atoms with van der Waals surface area (Å²) < 4.78 is 7.79. The Morgan fingerprint density at radius 1 is 1.38 bits per heavy atom. The van der Waals surface area contributed by atoms with Crippen molar-refractivity contribution in [1.82, 2.24) is 14.7 Å². The molecule has 1 aliphatic rings. The van der Waals surface area contributed by atoms with Gasteiger partial charge in [0.1, 0.15) is 0 Å². The fourth-order valence-electron chi connectivity index (χ4n) is 2.68. The molecule has 2 aromatic heterocycles. The number of hydrogen-bond acceptors (Lipinski definition) is 5. The molecule has 0 amide bonds. The predicted molar refractivity (Wildman–Crippen MR) is 87.3 cm³/mol. The molecule has 1 N–H and O–H groups in total. The van der Waals surface area contributed by atoms with E-state index in [1.807, 2.05) is 0 Å². The molecule has 0 radical (unpaired) electrons. The van der Waals surface area contributed by atoms with Crippen LogP contribution < -0.4 is 10.2 Å². The number of imidazole rings is 1. The van der Waals surface area contributed by atoms with E-state index in [2.05, 4.69) is 40.0 Å². The molecular formula is C15H24N4OS. The summed E-state index contributed by atoms with van der Waals surface area (Å²) >= 11 is 1.70. The highest BCUT2D eigenvalue weighted by molar-refractivity contribution is 7.15. The van der Waals surface area contributed by atoms with Gasteiger partial charge in [0.05, 0.1) is 12.3 Å². The van der Waals surface area contributed by atoms with Crippen LogP contribution in [-0.4, -0.2) is 42.2 Å². The predicted octanol–water partition coefficient (Wildman–Crippen LogP) is 2.37. The first-order chi connectivity index (χ1) is 10.3. The van der Waals surface area contributed by atoms with Gasteiger partial charge in [-0.05, 0) is 18.9 Å². The van der Waals surface area contributed by atoms with Gasteiger partial charge in [0.15, 0.2) is 10.8 Å². The van der Waals surface area contributed by atoms with E-state index in [4.69, 9.17) is 9.72 Å². The number of hydrogen-bond donors (Lipinski definition) is 1. The summed E-state index contributed by atoms with van der Waals surface area (Å²) in [6.07, 6.45) is 3.20. The molecule has 0 saturated carbocycles. The van der Waals surface area contributed by atoms with Gasteiger partial charge in [-0.1, -0.05) is 13.8 Å². The summed E-state index contributed by atoms with van der Waals surface area (Å²) in [4.78, 5) is 8.30. The van der Waals surface area contributed by atoms with Crippen molar-refractivity contribution in [2.75, 3.05) is 37.7 Å². The van der Waals surface area contributed by atoms with Crippen LogP contribution in [0.5, 0.6) is 0 Å². The molecule has 0 spiro atoms. The topological polar surface area (TPSA) is 41.8 Å². The van der Waals surface area contributed by atoms with Gasteiger partial charge in [-0.2, -0.15) is 0 Å². The Labute approximate surface area is 129 Å². The molecule has 0 aromatic carbocycles. The standard InChI is InChI=1S/C15H24N4OS/c1-12(2)10-16-11-13-14(17-15-19(13)6-9-21-15)18-4-3-7-20-8-5-18/h6,9,12,16H,3-5,7-8,10-11H2,1-2H3. The summed E-state index contributed by atoms with van der Waals surface area (Å²) in [6.45, 7) is 9.98. The summed E-state index contributed by atoms with van der Waals surface area (Å²) in [7, 11) is 0. The zero-order chi connectivity index (χ0) is 14.7. The van der Waals surface area contributed by atoms with Crippen molar-refractivity contribution in [3.8, 4) is 0 Å². The normalized spacial score (nSPS) is 16.8. The highest BCUT2D eigenvalue weighted by atomic mass is 32.1. The molecule has 2 aromatic rings. The molecule has 3 heterocycles. The number of nitrogens with zero attached hydrogens (tertiary/aromatic N) is 3. The molecular weight excluding hydrogens is 284 g/mol. The van der Waals surface area contributed by atoms with E-state index in [0.717, 1.165) is 56.6 Å². The minimum absolute atomic E-state index is 0.658. The maximum absolute atomic E-state index is 5.56. The monoisotopic (exact) mass is 308 g/mol. The highest BCUT2D eigenvalue weighted by Gasteiger charge is 2.20. The van der Waals surface area contributed by atoms with E-state index in [1.165, 1.54) is 5.69 Å². The number of anilines is 1. The van der Waals surface area contributed by atoms with Gasteiger partial charge in [0.2, 0.25) is 0 Å². The lowest BCUT2D eigenvalue weighted by atomic mass is 10.2. The Morgan fingerprint density at radius 3 is 3.14 bits per heavy atom. The molecule has 0 bridgehead atoms. The van der Waals surface area contributed by atoms with E-state index >= 15 is 0 Å². The van der Waals surface area contributed by atoms with Crippen molar-refractivity contribution in [3.63, 3.8) is 0 Å². The van der Waals surface area contributed by atoms with Crippen LogP contribution in [-0.2, 0) is 11.3 Å². The molecule has 3 rings (SSSR count). The van der Waals surface area contributed by atoms with E-state index < -0.39 is 0 Å². The van der Waals surface area contributed by atoms with Gasteiger partial charge >= 0.3 is 0 Å². The van der Waals surface area contributed by atoms with Crippen LogP contribution in [0.2, 0.25) is 0 Å². The van der Waals surface area contributed by atoms with Crippen LogP contribution in [0, 0.1) is 5.92 Å². The lowest BCUT2D eigenvalue weighted by Crippen LogP contribution is -2.28. The van der Waals surface area contributed by atoms with E-state index in [0.29, 0.717) is 5.92 Å². The number of aromatic nitrogens is 2. The number of ether oxygens (including phenoxy) is 1. The lowest BCUT2D eigenvalue weighted by molar-refractivity contribution is 0.152.